The maximum absolute atomic E-state index is 12.3. The highest BCUT2D eigenvalue weighted by atomic mass is 16.6. The Morgan fingerprint density at radius 3 is 2.59 bits per heavy atom. The molecule has 1 aromatic rings. The molecule has 184 valence electrons. The smallest absolute Gasteiger partial charge is 0.438 e. The number of carbonyl (C=O) groups is 3. The molecule has 34 heavy (non-hydrogen) atoms. The van der Waals surface area contributed by atoms with Gasteiger partial charge in [-0.05, 0) is 30.3 Å². The van der Waals surface area contributed by atoms with Gasteiger partial charge in [-0.3, -0.25) is 14.5 Å². The number of allylic oxidation sites excluding steroid dienone is 2. The van der Waals surface area contributed by atoms with E-state index in [2.05, 4.69) is 10.6 Å². The van der Waals surface area contributed by atoms with Gasteiger partial charge < -0.3 is 40.9 Å². The van der Waals surface area contributed by atoms with Gasteiger partial charge in [-0.2, -0.15) is 0 Å². The van der Waals surface area contributed by atoms with E-state index < -0.39 is 30.0 Å². The zero-order valence-electron chi connectivity index (χ0n) is 18.9. The molecule has 0 aromatic heterocycles. The van der Waals surface area contributed by atoms with Crippen LogP contribution in [0.25, 0.3) is 0 Å². The van der Waals surface area contributed by atoms with Crippen molar-refractivity contribution in [3.8, 4) is 11.5 Å². The van der Waals surface area contributed by atoms with Crippen molar-refractivity contribution < 1.29 is 38.9 Å². The van der Waals surface area contributed by atoms with Crippen LogP contribution in [0.1, 0.15) is 28.8 Å². The van der Waals surface area contributed by atoms with E-state index in [9.17, 15) is 29.5 Å². The maximum atomic E-state index is 12.3. The van der Waals surface area contributed by atoms with E-state index in [0.29, 0.717) is 18.7 Å². The van der Waals surface area contributed by atoms with Crippen LogP contribution in [0.4, 0.5) is 0 Å². The topological polar surface area (TPSA) is 184 Å². The number of hydrogen-bond acceptors (Lipinski definition) is 9. The van der Waals surface area contributed by atoms with E-state index in [1.54, 1.807) is 31.2 Å². The van der Waals surface area contributed by atoms with Crippen molar-refractivity contribution in [2.24, 2.45) is 5.73 Å². The fourth-order valence-electron chi connectivity index (χ4n) is 4.49. The molecule has 0 bridgehead atoms. The minimum atomic E-state index is -3.23. The van der Waals surface area contributed by atoms with Crippen LogP contribution in [-0.4, -0.2) is 89.5 Å². The largest absolute Gasteiger partial charge is 0.669 e. The molecule has 1 aromatic carbocycles. The molecule has 2 aliphatic heterocycles. The lowest BCUT2D eigenvalue weighted by atomic mass is 9.50. The second kappa shape index (κ2) is 8.58. The van der Waals surface area contributed by atoms with Crippen molar-refractivity contribution in [1.29, 1.82) is 0 Å². The van der Waals surface area contributed by atoms with E-state index in [-0.39, 0.29) is 48.1 Å². The second-order valence-corrected chi connectivity index (χ2v) is 9.24. The van der Waals surface area contributed by atoms with Gasteiger partial charge in [0.2, 0.25) is 11.8 Å². The Bertz CT molecular complexity index is 1050. The van der Waals surface area contributed by atoms with Crippen molar-refractivity contribution in [2.45, 2.75) is 30.3 Å². The summed E-state index contributed by atoms with van der Waals surface area (Å²) in [7, 11) is 1.47. The summed E-state index contributed by atoms with van der Waals surface area (Å²) in [6.07, 6.45) is 3.05. The summed E-state index contributed by atoms with van der Waals surface area (Å²) in [4.78, 5) is 37.5. The third-order valence-electron chi connectivity index (χ3n) is 6.45. The number of benzene rings is 1. The summed E-state index contributed by atoms with van der Waals surface area (Å²) in [5.74, 6) is -3.10. The number of ether oxygens (including phenoxy) is 1. The minimum Gasteiger partial charge on any atom is -0.669 e. The number of nitrogens with zero attached hydrogens (tertiary/aromatic N) is 1. The normalized spacial score (nSPS) is 24.3. The number of carboxylic acids is 1. The van der Waals surface area contributed by atoms with Crippen LogP contribution in [0.2, 0.25) is 5.82 Å². The molecule has 1 aliphatic carbocycles. The zero-order chi connectivity index (χ0) is 24.8. The molecule has 3 aliphatic rings. The second-order valence-electron chi connectivity index (χ2n) is 9.24. The molecule has 2 amide bonds. The number of likely N-dealkylation sites (tertiary alicyclic amines) is 1. The van der Waals surface area contributed by atoms with Crippen molar-refractivity contribution in [3.05, 3.63) is 35.4 Å². The molecule has 3 atom stereocenters. The van der Waals surface area contributed by atoms with Gasteiger partial charge in [-0.25, -0.2) is 4.79 Å². The Kier molecular flexibility index (Phi) is 6.06. The van der Waals surface area contributed by atoms with Crippen LogP contribution in [0.5, 0.6) is 11.5 Å². The molecule has 7 N–H and O–H groups in total. The van der Waals surface area contributed by atoms with Crippen molar-refractivity contribution in [3.63, 3.8) is 0 Å². The van der Waals surface area contributed by atoms with E-state index >= 15 is 0 Å². The number of aromatic carboxylic acids is 1. The summed E-state index contributed by atoms with van der Waals surface area (Å²) in [5, 5.41) is 35.2. The first-order valence-corrected chi connectivity index (χ1v) is 11.0. The van der Waals surface area contributed by atoms with Crippen molar-refractivity contribution >= 4 is 24.5 Å². The number of nitrogens with one attached hydrogen (secondary N) is 2. The first kappa shape index (κ1) is 24.0. The molecule has 0 saturated carbocycles. The molecule has 12 nitrogen and oxygen atoms in total. The van der Waals surface area contributed by atoms with Crippen LogP contribution >= 0.6 is 0 Å². The fourth-order valence-corrected chi connectivity index (χ4v) is 4.49. The Hall–Kier alpha value is -3.13. The molecule has 0 unspecified atom stereocenters. The summed E-state index contributed by atoms with van der Waals surface area (Å²) < 4.78 is 11.2. The average molecular weight is 475 g/mol. The predicted octanol–water partition coefficient (Wildman–Crippen LogP) is -1.63. The molecule has 0 radical (unpaired) electrons. The number of hydrogen-bond donors (Lipinski definition) is 6. The molecule has 4 rings (SSSR count). The monoisotopic (exact) mass is 475 g/mol. The van der Waals surface area contributed by atoms with Gasteiger partial charge in [0.25, 0.3) is 0 Å². The summed E-state index contributed by atoms with van der Waals surface area (Å²) in [6.45, 7) is -0.840. The SMILES string of the molecule is CNC(=O)CNC(=O)[C@@](C)(N)CN1CC(Oc2ccc3c(c2C(=O)O)O[B-](O)(O)[C@@H]2C=C[C@H]32)C1. The number of rotatable bonds is 8. The van der Waals surface area contributed by atoms with Crippen molar-refractivity contribution in [2.75, 3.05) is 33.2 Å². The highest BCUT2D eigenvalue weighted by molar-refractivity contribution is 6.62. The van der Waals surface area contributed by atoms with E-state index in [0.717, 1.165) is 0 Å². The Morgan fingerprint density at radius 2 is 2.00 bits per heavy atom. The quantitative estimate of drug-likeness (QED) is 0.188. The molecule has 1 saturated heterocycles. The number of likely N-dealkylation sites (N-methyl/N-ethyl adjacent to an activating group) is 1. The van der Waals surface area contributed by atoms with Gasteiger partial charge in [-0.1, -0.05) is 12.1 Å². The molecule has 2 heterocycles. The van der Waals surface area contributed by atoms with Crippen LogP contribution in [0.15, 0.2) is 24.3 Å². The summed E-state index contributed by atoms with van der Waals surface area (Å²) >= 11 is 0. The molecular weight excluding hydrogens is 447 g/mol. The average Bonchev–Trinajstić information content (AvgIpc) is 2.68. The van der Waals surface area contributed by atoms with Crippen LogP contribution < -0.4 is 25.8 Å². The fraction of sp³-hybridized carbons (Fsp3) is 0.476. The van der Waals surface area contributed by atoms with Gasteiger partial charge >= 0.3 is 12.7 Å². The van der Waals surface area contributed by atoms with E-state index in [1.165, 1.54) is 7.05 Å². The number of nitrogens with two attached hydrogens (primary N) is 1. The highest BCUT2D eigenvalue weighted by Gasteiger charge is 2.48. The predicted molar refractivity (Wildman–Crippen MR) is 120 cm³/mol. The standard InChI is InChI=1S/C21H28BN4O8/c1-21(23,20(30)25-7-16(27)24-2)10-26-8-11(9-26)33-15-6-4-13-12-3-5-14(12)22(31,32)34-18(13)17(15)19(28)29/h3-6,11-12,14,31-32H,7-10,23H2,1-2H3,(H,24,27)(H,25,30)(H,28,29)/q-1/t12-,14-,21+/m1/s1. The Labute approximate surface area is 195 Å². The van der Waals surface area contributed by atoms with Gasteiger partial charge in [0.05, 0.1) is 12.3 Å². The third kappa shape index (κ3) is 4.34. The summed E-state index contributed by atoms with van der Waals surface area (Å²) in [6, 6.07) is 3.22. The Morgan fingerprint density at radius 1 is 1.29 bits per heavy atom. The lowest BCUT2D eigenvalue weighted by Gasteiger charge is -2.50. The van der Waals surface area contributed by atoms with Gasteiger partial charge in [0.1, 0.15) is 23.0 Å². The van der Waals surface area contributed by atoms with Crippen LogP contribution in [-0.2, 0) is 9.59 Å². The van der Waals surface area contributed by atoms with E-state index in [1.807, 2.05) is 4.90 Å². The third-order valence-corrected chi connectivity index (χ3v) is 6.45. The van der Waals surface area contributed by atoms with Crippen LogP contribution in [0, 0.1) is 0 Å². The molecule has 0 spiro atoms. The first-order chi connectivity index (χ1) is 15.9. The molecule has 1 fully saturated rings. The zero-order valence-corrected chi connectivity index (χ0v) is 18.9. The first-order valence-electron chi connectivity index (χ1n) is 11.0. The minimum absolute atomic E-state index is 0.0584. The maximum Gasteiger partial charge on any atom is 0.438 e. The van der Waals surface area contributed by atoms with Crippen LogP contribution in [0.3, 0.4) is 0 Å². The number of fused-ring (bicyclic) bond motifs is 3. The van der Waals surface area contributed by atoms with Crippen molar-refractivity contribution in [1.82, 2.24) is 15.5 Å². The lowest BCUT2D eigenvalue weighted by Crippen LogP contribution is -2.64. The van der Waals surface area contributed by atoms with Gasteiger partial charge in [0.15, 0.2) is 0 Å². The van der Waals surface area contributed by atoms with E-state index in [4.69, 9.17) is 15.1 Å². The number of carboxylic acid groups (broad SMARTS) is 1. The Balaban J connectivity index is 1.40. The number of amides is 2. The highest BCUT2D eigenvalue weighted by Crippen LogP contribution is 2.54. The number of carbonyl (C=O) groups excluding carboxylic acids is 2. The van der Waals surface area contributed by atoms with Gasteiger partial charge in [0, 0.05) is 26.7 Å². The van der Waals surface area contributed by atoms with Gasteiger partial charge in [-0.15, -0.1) is 6.08 Å². The molecule has 13 heteroatoms. The lowest BCUT2D eigenvalue weighted by molar-refractivity contribution is -0.130. The molecular formula is C21H28BN4O8-. The summed E-state index contributed by atoms with van der Waals surface area (Å²) in [5.41, 5.74) is 5.18.